The standard InChI is InChI=1S/C19H17N3O2S/c1-12-16(13(2)23)9-15(10-20)19(21-12)25-11-18(24)22-8-7-14-5-3-4-6-17(14)22/h3-6,9H,7-8,11H2,1-2H3. The zero-order valence-electron chi connectivity index (χ0n) is 14.1. The first kappa shape index (κ1) is 17.2. The minimum atomic E-state index is -0.122. The number of carbonyl (C=O) groups is 2. The van der Waals surface area contributed by atoms with Crippen molar-refractivity contribution in [2.45, 2.75) is 25.3 Å². The molecule has 3 rings (SSSR count). The predicted octanol–water partition coefficient (Wildman–Crippen LogP) is 3.15. The van der Waals surface area contributed by atoms with Gasteiger partial charge in [0.2, 0.25) is 5.91 Å². The fourth-order valence-corrected chi connectivity index (χ4v) is 3.81. The van der Waals surface area contributed by atoms with Gasteiger partial charge in [0.05, 0.1) is 11.3 Å². The lowest BCUT2D eigenvalue weighted by Crippen LogP contribution is -2.30. The number of anilines is 1. The molecule has 1 aromatic heterocycles. The lowest BCUT2D eigenvalue weighted by Gasteiger charge is -2.17. The maximum atomic E-state index is 12.6. The summed E-state index contributed by atoms with van der Waals surface area (Å²) in [6, 6.07) is 11.5. The lowest BCUT2D eigenvalue weighted by atomic mass is 10.1. The molecule has 0 spiro atoms. The summed E-state index contributed by atoms with van der Waals surface area (Å²) in [6.45, 7) is 3.87. The van der Waals surface area contributed by atoms with E-state index in [0.29, 0.717) is 28.4 Å². The zero-order valence-corrected chi connectivity index (χ0v) is 14.9. The van der Waals surface area contributed by atoms with Crippen molar-refractivity contribution in [2.24, 2.45) is 0 Å². The molecule has 0 aliphatic carbocycles. The van der Waals surface area contributed by atoms with Gasteiger partial charge in [-0.2, -0.15) is 5.26 Å². The van der Waals surface area contributed by atoms with Gasteiger partial charge in [0.25, 0.3) is 0 Å². The van der Waals surface area contributed by atoms with E-state index < -0.39 is 0 Å². The van der Waals surface area contributed by atoms with Crippen molar-refractivity contribution in [1.82, 2.24) is 4.98 Å². The van der Waals surface area contributed by atoms with Crippen molar-refractivity contribution < 1.29 is 9.59 Å². The number of aromatic nitrogens is 1. The van der Waals surface area contributed by atoms with Crippen LogP contribution in [0.2, 0.25) is 0 Å². The van der Waals surface area contributed by atoms with E-state index in [2.05, 4.69) is 11.1 Å². The van der Waals surface area contributed by atoms with Crippen molar-refractivity contribution in [3.8, 4) is 6.07 Å². The second kappa shape index (κ2) is 7.08. The SMILES string of the molecule is CC(=O)c1cc(C#N)c(SCC(=O)N2CCc3ccccc32)nc1C. The highest BCUT2D eigenvalue weighted by atomic mass is 32.2. The van der Waals surface area contributed by atoms with Crippen LogP contribution in [0.5, 0.6) is 0 Å². The molecule has 2 aromatic rings. The first-order valence-electron chi connectivity index (χ1n) is 7.95. The third-order valence-corrected chi connectivity index (χ3v) is 5.17. The van der Waals surface area contributed by atoms with E-state index in [9.17, 15) is 14.9 Å². The quantitative estimate of drug-likeness (QED) is 0.625. The van der Waals surface area contributed by atoms with Crippen molar-refractivity contribution in [3.05, 3.63) is 52.7 Å². The Kier molecular flexibility index (Phi) is 4.86. The number of Topliss-reactive ketones (excluding diaryl/α,β-unsaturated/α-hetero) is 1. The molecule has 0 radical (unpaired) electrons. The molecule has 0 bridgehead atoms. The van der Waals surface area contributed by atoms with Gasteiger partial charge < -0.3 is 4.90 Å². The van der Waals surface area contributed by atoms with Gasteiger partial charge in [-0.05, 0) is 38.0 Å². The summed E-state index contributed by atoms with van der Waals surface area (Å²) in [4.78, 5) is 30.3. The number of ketones is 1. The number of rotatable bonds is 4. The summed E-state index contributed by atoms with van der Waals surface area (Å²) in [5, 5.41) is 9.80. The number of aryl methyl sites for hydroxylation is 1. The molecule has 0 saturated heterocycles. The van der Waals surface area contributed by atoms with E-state index in [4.69, 9.17) is 0 Å². The average molecular weight is 351 g/mol. The third-order valence-electron chi connectivity index (χ3n) is 4.20. The Hall–Kier alpha value is -2.65. The topological polar surface area (TPSA) is 74.1 Å². The monoisotopic (exact) mass is 351 g/mol. The Balaban J connectivity index is 1.76. The normalized spacial score (nSPS) is 12.6. The Morgan fingerprint density at radius 1 is 1.36 bits per heavy atom. The first-order chi connectivity index (χ1) is 12.0. The number of pyridine rings is 1. The minimum Gasteiger partial charge on any atom is -0.311 e. The molecule has 1 aromatic carbocycles. The fourth-order valence-electron chi connectivity index (χ4n) is 2.94. The molecule has 0 fully saturated rings. The highest BCUT2D eigenvalue weighted by molar-refractivity contribution is 8.00. The van der Waals surface area contributed by atoms with Crippen molar-refractivity contribution in [1.29, 1.82) is 5.26 Å². The number of para-hydroxylation sites is 1. The van der Waals surface area contributed by atoms with Crippen LogP contribution in [0.1, 0.15) is 34.1 Å². The molecule has 0 saturated carbocycles. The highest BCUT2D eigenvalue weighted by Gasteiger charge is 2.24. The predicted molar refractivity (Wildman–Crippen MR) is 96.9 cm³/mol. The molecule has 6 heteroatoms. The summed E-state index contributed by atoms with van der Waals surface area (Å²) in [7, 11) is 0. The molecule has 25 heavy (non-hydrogen) atoms. The smallest absolute Gasteiger partial charge is 0.237 e. The van der Waals surface area contributed by atoms with Gasteiger partial charge in [0, 0.05) is 23.5 Å². The zero-order chi connectivity index (χ0) is 18.0. The summed E-state index contributed by atoms with van der Waals surface area (Å²) >= 11 is 1.24. The van der Waals surface area contributed by atoms with Gasteiger partial charge in [-0.25, -0.2) is 4.98 Å². The molecule has 0 atom stereocenters. The van der Waals surface area contributed by atoms with Crippen molar-refractivity contribution >= 4 is 29.1 Å². The molecule has 1 aliphatic heterocycles. The van der Waals surface area contributed by atoms with Crippen LogP contribution in [0.4, 0.5) is 5.69 Å². The minimum absolute atomic E-state index is 0.00561. The Bertz CT molecular complexity index is 902. The second-order valence-corrected chi connectivity index (χ2v) is 6.82. The molecule has 0 N–H and O–H groups in total. The van der Waals surface area contributed by atoms with Crippen LogP contribution in [0.25, 0.3) is 0 Å². The van der Waals surface area contributed by atoms with Crippen LogP contribution in [-0.4, -0.2) is 29.0 Å². The maximum Gasteiger partial charge on any atom is 0.237 e. The number of nitrogens with zero attached hydrogens (tertiary/aromatic N) is 3. The highest BCUT2D eigenvalue weighted by Crippen LogP contribution is 2.29. The number of benzene rings is 1. The molecule has 1 aliphatic rings. The van der Waals surface area contributed by atoms with E-state index in [1.807, 2.05) is 24.3 Å². The molecule has 5 nitrogen and oxygen atoms in total. The first-order valence-corrected chi connectivity index (χ1v) is 8.93. The number of amides is 1. The fraction of sp³-hybridized carbons (Fsp3) is 0.263. The van der Waals surface area contributed by atoms with Crippen LogP contribution in [-0.2, 0) is 11.2 Å². The molecule has 2 heterocycles. The molecule has 0 unspecified atom stereocenters. The van der Waals surface area contributed by atoms with Gasteiger partial charge in [-0.15, -0.1) is 0 Å². The summed E-state index contributed by atoms with van der Waals surface area (Å²) in [5.41, 5.74) is 3.49. The largest absolute Gasteiger partial charge is 0.311 e. The van der Waals surface area contributed by atoms with Gasteiger partial charge in [0.1, 0.15) is 11.1 Å². The van der Waals surface area contributed by atoms with E-state index in [1.165, 1.54) is 24.2 Å². The van der Waals surface area contributed by atoms with E-state index in [-0.39, 0.29) is 17.4 Å². The number of hydrogen-bond donors (Lipinski definition) is 0. The molecule has 126 valence electrons. The van der Waals surface area contributed by atoms with Crippen molar-refractivity contribution in [2.75, 3.05) is 17.2 Å². The second-order valence-electron chi connectivity index (χ2n) is 5.85. The van der Waals surface area contributed by atoms with Gasteiger partial charge in [0.15, 0.2) is 5.78 Å². The number of thioether (sulfide) groups is 1. The van der Waals surface area contributed by atoms with E-state index >= 15 is 0 Å². The Labute approximate surface area is 150 Å². The Morgan fingerprint density at radius 3 is 2.84 bits per heavy atom. The van der Waals surface area contributed by atoms with Crippen LogP contribution in [0.15, 0.2) is 35.4 Å². The van der Waals surface area contributed by atoms with Gasteiger partial charge in [-0.1, -0.05) is 30.0 Å². The van der Waals surface area contributed by atoms with E-state index in [1.54, 1.807) is 17.9 Å². The summed E-state index contributed by atoms with van der Waals surface area (Å²) in [6.07, 6.45) is 0.862. The third kappa shape index (κ3) is 3.42. The van der Waals surface area contributed by atoms with Gasteiger partial charge in [-0.3, -0.25) is 9.59 Å². The number of hydrogen-bond acceptors (Lipinski definition) is 5. The number of nitriles is 1. The Morgan fingerprint density at radius 2 is 2.12 bits per heavy atom. The average Bonchev–Trinajstić information content (AvgIpc) is 3.03. The van der Waals surface area contributed by atoms with Gasteiger partial charge >= 0.3 is 0 Å². The van der Waals surface area contributed by atoms with Crippen LogP contribution < -0.4 is 4.90 Å². The lowest BCUT2D eigenvalue weighted by molar-refractivity contribution is -0.116. The van der Waals surface area contributed by atoms with Crippen LogP contribution in [0, 0.1) is 18.3 Å². The summed E-state index contributed by atoms with van der Waals surface area (Å²) < 4.78 is 0. The number of carbonyl (C=O) groups excluding carboxylic acids is 2. The molecule has 1 amide bonds. The summed E-state index contributed by atoms with van der Waals surface area (Å²) in [5.74, 6) is 0.0752. The van der Waals surface area contributed by atoms with Crippen LogP contribution >= 0.6 is 11.8 Å². The number of fused-ring (bicyclic) bond motifs is 1. The van der Waals surface area contributed by atoms with Crippen LogP contribution in [0.3, 0.4) is 0 Å². The molecular weight excluding hydrogens is 334 g/mol. The molecular formula is C19H17N3O2S. The van der Waals surface area contributed by atoms with E-state index in [0.717, 1.165) is 12.1 Å². The maximum absolute atomic E-state index is 12.6. The van der Waals surface area contributed by atoms with Crippen molar-refractivity contribution in [3.63, 3.8) is 0 Å².